The van der Waals surface area contributed by atoms with Gasteiger partial charge in [-0.15, -0.1) is 0 Å². The van der Waals surface area contributed by atoms with Crippen LogP contribution >= 0.6 is 0 Å². The van der Waals surface area contributed by atoms with Crippen LogP contribution in [0.25, 0.3) is 0 Å². The summed E-state index contributed by atoms with van der Waals surface area (Å²) in [6.45, 7) is 5.90. The van der Waals surface area contributed by atoms with E-state index in [2.05, 4.69) is 5.32 Å². The number of carbonyl (C=O) groups excluding carboxylic acids is 2. The number of anilines is 2. The Labute approximate surface area is 142 Å². The van der Waals surface area contributed by atoms with Gasteiger partial charge in [0, 0.05) is 24.0 Å². The molecular weight excluding hydrogens is 302 g/mol. The fraction of sp³-hybridized carbons (Fsp3) is 0.263. The monoisotopic (exact) mass is 325 g/mol. The lowest BCUT2D eigenvalue weighted by Gasteiger charge is -2.18. The number of benzene rings is 2. The molecular formula is C19H23N3O2. The highest BCUT2D eigenvalue weighted by molar-refractivity contribution is 6.00. The maximum atomic E-state index is 12.4. The minimum absolute atomic E-state index is 0.0274. The van der Waals surface area contributed by atoms with E-state index < -0.39 is 0 Å². The maximum Gasteiger partial charge on any atom is 0.254 e. The molecule has 0 saturated carbocycles. The Morgan fingerprint density at radius 1 is 1.08 bits per heavy atom. The van der Waals surface area contributed by atoms with Crippen LogP contribution in [0.4, 0.5) is 11.4 Å². The van der Waals surface area contributed by atoms with E-state index in [-0.39, 0.29) is 18.4 Å². The predicted molar refractivity (Wildman–Crippen MR) is 97.1 cm³/mol. The van der Waals surface area contributed by atoms with E-state index in [4.69, 9.17) is 5.73 Å². The van der Waals surface area contributed by atoms with Gasteiger partial charge < -0.3 is 16.0 Å². The van der Waals surface area contributed by atoms with Gasteiger partial charge in [0.15, 0.2) is 0 Å². The number of nitrogen functional groups attached to an aromatic ring is 1. The van der Waals surface area contributed by atoms with Crippen LogP contribution in [0, 0.1) is 20.8 Å². The molecule has 2 aromatic carbocycles. The molecule has 0 aromatic heterocycles. The highest BCUT2D eigenvalue weighted by Gasteiger charge is 2.16. The van der Waals surface area contributed by atoms with Crippen LogP contribution in [-0.2, 0) is 4.79 Å². The highest BCUT2D eigenvalue weighted by Crippen LogP contribution is 2.21. The Morgan fingerprint density at radius 3 is 2.29 bits per heavy atom. The first-order valence-electron chi connectivity index (χ1n) is 7.76. The van der Waals surface area contributed by atoms with Gasteiger partial charge in [0.05, 0.1) is 6.54 Å². The van der Waals surface area contributed by atoms with E-state index in [0.717, 1.165) is 22.4 Å². The molecule has 0 aliphatic rings. The van der Waals surface area contributed by atoms with Crippen molar-refractivity contribution in [3.05, 3.63) is 58.7 Å². The fourth-order valence-corrected chi connectivity index (χ4v) is 2.74. The van der Waals surface area contributed by atoms with Crippen molar-refractivity contribution in [1.29, 1.82) is 0 Å². The van der Waals surface area contributed by atoms with Crippen LogP contribution in [0.2, 0.25) is 0 Å². The van der Waals surface area contributed by atoms with E-state index in [9.17, 15) is 9.59 Å². The average Bonchev–Trinajstić information content (AvgIpc) is 2.50. The number of hydrogen-bond acceptors (Lipinski definition) is 3. The standard InChI is InChI=1S/C19H23N3O2/c1-12-8-13(2)18(14(3)9-12)21-17(23)11-22(4)19(24)15-6-5-7-16(20)10-15/h5-10H,11,20H2,1-4H3,(H,21,23). The van der Waals surface area contributed by atoms with Crippen molar-refractivity contribution in [2.24, 2.45) is 0 Å². The molecule has 2 aromatic rings. The minimum Gasteiger partial charge on any atom is -0.399 e. The molecule has 0 radical (unpaired) electrons. The summed E-state index contributed by atoms with van der Waals surface area (Å²) in [7, 11) is 1.60. The highest BCUT2D eigenvalue weighted by atomic mass is 16.2. The smallest absolute Gasteiger partial charge is 0.254 e. The van der Waals surface area contributed by atoms with Crippen molar-refractivity contribution in [1.82, 2.24) is 4.90 Å². The van der Waals surface area contributed by atoms with Gasteiger partial charge in [-0.3, -0.25) is 9.59 Å². The molecule has 0 fully saturated rings. The van der Waals surface area contributed by atoms with E-state index in [1.54, 1.807) is 31.3 Å². The van der Waals surface area contributed by atoms with Crippen LogP contribution in [0.15, 0.2) is 36.4 Å². The number of rotatable bonds is 4. The molecule has 0 atom stereocenters. The topological polar surface area (TPSA) is 75.4 Å². The SMILES string of the molecule is Cc1cc(C)c(NC(=O)CN(C)C(=O)c2cccc(N)c2)c(C)c1. The fourth-order valence-electron chi connectivity index (χ4n) is 2.74. The third kappa shape index (κ3) is 4.13. The number of hydrogen-bond donors (Lipinski definition) is 2. The lowest BCUT2D eigenvalue weighted by Crippen LogP contribution is -2.35. The van der Waals surface area contributed by atoms with Crippen LogP contribution in [0.1, 0.15) is 27.0 Å². The summed E-state index contributed by atoms with van der Waals surface area (Å²) in [4.78, 5) is 26.0. The first-order chi connectivity index (χ1) is 11.3. The van der Waals surface area contributed by atoms with E-state index in [1.807, 2.05) is 32.9 Å². The number of nitrogens with one attached hydrogen (secondary N) is 1. The van der Waals surface area contributed by atoms with E-state index >= 15 is 0 Å². The molecule has 0 unspecified atom stereocenters. The zero-order valence-electron chi connectivity index (χ0n) is 14.5. The minimum atomic E-state index is -0.241. The number of nitrogens with zero attached hydrogens (tertiary/aromatic N) is 1. The third-order valence-corrected chi connectivity index (χ3v) is 3.80. The van der Waals surface area contributed by atoms with Gasteiger partial charge in [-0.1, -0.05) is 23.8 Å². The third-order valence-electron chi connectivity index (χ3n) is 3.80. The molecule has 126 valence electrons. The van der Waals surface area contributed by atoms with Crippen molar-refractivity contribution < 1.29 is 9.59 Å². The largest absolute Gasteiger partial charge is 0.399 e. The second kappa shape index (κ2) is 7.17. The molecule has 0 heterocycles. The van der Waals surface area contributed by atoms with E-state index in [0.29, 0.717) is 11.3 Å². The summed E-state index contributed by atoms with van der Waals surface area (Å²) >= 11 is 0. The Balaban J connectivity index is 2.06. The number of amides is 2. The summed E-state index contributed by atoms with van der Waals surface area (Å²) in [5, 5.41) is 2.90. The summed E-state index contributed by atoms with van der Waals surface area (Å²) in [5.41, 5.74) is 10.6. The predicted octanol–water partition coefficient (Wildman–Crippen LogP) is 2.90. The second-order valence-corrected chi connectivity index (χ2v) is 6.11. The number of aryl methyl sites for hydroxylation is 3. The summed E-state index contributed by atoms with van der Waals surface area (Å²) in [6, 6.07) is 10.8. The van der Waals surface area contributed by atoms with Crippen LogP contribution in [0.5, 0.6) is 0 Å². The number of likely N-dealkylation sites (N-methyl/N-ethyl adjacent to an activating group) is 1. The van der Waals surface area contributed by atoms with Crippen molar-refractivity contribution in [2.75, 3.05) is 24.6 Å². The molecule has 0 aliphatic heterocycles. The lowest BCUT2D eigenvalue weighted by atomic mass is 10.1. The molecule has 2 amide bonds. The molecule has 0 saturated heterocycles. The van der Waals surface area contributed by atoms with Gasteiger partial charge in [-0.2, -0.15) is 0 Å². The van der Waals surface area contributed by atoms with Crippen molar-refractivity contribution in [3.63, 3.8) is 0 Å². The summed E-state index contributed by atoms with van der Waals surface area (Å²) in [6.07, 6.45) is 0. The molecule has 0 aliphatic carbocycles. The normalized spacial score (nSPS) is 10.3. The molecule has 24 heavy (non-hydrogen) atoms. The van der Waals surface area contributed by atoms with Gasteiger partial charge in [-0.05, 0) is 50.1 Å². The Morgan fingerprint density at radius 2 is 1.71 bits per heavy atom. The first-order valence-corrected chi connectivity index (χ1v) is 7.76. The summed E-state index contributed by atoms with van der Waals surface area (Å²) in [5.74, 6) is -0.473. The molecule has 0 bridgehead atoms. The van der Waals surface area contributed by atoms with Gasteiger partial charge in [0.25, 0.3) is 5.91 Å². The van der Waals surface area contributed by atoms with Crippen LogP contribution < -0.4 is 11.1 Å². The Hall–Kier alpha value is -2.82. The zero-order chi connectivity index (χ0) is 17.9. The average molecular weight is 325 g/mol. The number of carbonyl (C=O) groups is 2. The molecule has 5 nitrogen and oxygen atoms in total. The van der Waals surface area contributed by atoms with Crippen LogP contribution in [-0.4, -0.2) is 30.3 Å². The molecule has 3 N–H and O–H groups in total. The summed E-state index contributed by atoms with van der Waals surface area (Å²) < 4.78 is 0. The van der Waals surface area contributed by atoms with Gasteiger partial charge in [0.2, 0.25) is 5.91 Å². The molecule has 0 spiro atoms. The first kappa shape index (κ1) is 17.5. The van der Waals surface area contributed by atoms with E-state index in [1.165, 1.54) is 4.90 Å². The van der Waals surface area contributed by atoms with Gasteiger partial charge in [0.1, 0.15) is 0 Å². The maximum absolute atomic E-state index is 12.4. The quantitative estimate of drug-likeness (QED) is 0.849. The van der Waals surface area contributed by atoms with Gasteiger partial charge >= 0.3 is 0 Å². The van der Waals surface area contributed by atoms with Crippen molar-refractivity contribution in [3.8, 4) is 0 Å². The van der Waals surface area contributed by atoms with Crippen molar-refractivity contribution >= 4 is 23.2 Å². The molecule has 2 rings (SSSR count). The second-order valence-electron chi connectivity index (χ2n) is 6.11. The number of nitrogens with two attached hydrogens (primary N) is 1. The molecule has 5 heteroatoms. The Kier molecular flexibility index (Phi) is 5.24. The zero-order valence-corrected chi connectivity index (χ0v) is 14.5. The van der Waals surface area contributed by atoms with Gasteiger partial charge in [-0.25, -0.2) is 0 Å². The van der Waals surface area contributed by atoms with Crippen LogP contribution in [0.3, 0.4) is 0 Å². The van der Waals surface area contributed by atoms with Crippen molar-refractivity contribution in [2.45, 2.75) is 20.8 Å². The lowest BCUT2D eigenvalue weighted by molar-refractivity contribution is -0.116. The Bertz CT molecular complexity index is 761.